The van der Waals surface area contributed by atoms with Crippen molar-refractivity contribution in [1.82, 2.24) is 34.2 Å². The fourth-order valence-corrected chi connectivity index (χ4v) is 9.31. The van der Waals surface area contributed by atoms with E-state index in [0.717, 1.165) is 103 Å². The highest BCUT2D eigenvalue weighted by molar-refractivity contribution is 5.83. The van der Waals surface area contributed by atoms with Crippen LogP contribution in [-0.2, 0) is 23.3 Å². The average Bonchev–Trinajstić information content (AvgIpc) is 3.45. The lowest BCUT2D eigenvalue weighted by atomic mass is 9.43. The molecule has 2 aromatic heterocycles. The van der Waals surface area contributed by atoms with E-state index < -0.39 is 0 Å². The number of hydrogen-bond acceptors (Lipinski definition) is 7. The van der Waals surface area contributed by atoms with E-state index in [1.807, 2.05) is 13.8 Å². The topological polar surface area (TPSA) is 134 Å². The molecule has 2 atom stereocenters. The maximum atomic E-state index is 13.9. The van der Waals surface area contributed by atoms with Crippen LogP contribution in [0.1, 0.15) is 83.9 Å². The lowest BCUT2D eigenvalue weighted by Crippen LogP contribution is -2.59. The van der Waals surface area contributed by atoms with Gasteiger partial charge in [0.05, 0.1) is 5.41 Å². The van der Waals surface area contributed by atoms with Gasteiger partial charge in [0.15, 0.2) is 5.65 Å². The van der Waals surface area contributed by atoms with Gasteiger partial charge in [0, 0.05) is 51.2 Å². The summed E-state index contributed by atoms with van der Waals surface area (Å²) in [4.78, 5) is 54.1. The fourth-order valence-electron chi connectivity index (χ4n) is 9.31. The number of nitrogens with zero attached hydrogens (tertiary/aromatic N) is 5. The number of carbonyl (C=O) groups is 1. The van der Waals surface area contributed by atoms with E-state index in [1.165, 1.54) is 11.0 Å². The van der Waals surface area contributed by atoms with Gasteiger partial charge in [-0.1, -0.05) is 13.8 Å². The Morgan fingerprint density at radius 3 is 2.19 bits per heavy atom. The largest absolute Gasteiger partial charge is 0.356 e. The van der Waals surface area contributed by atoms with Gasteiger partial charge in [0.2, 0.25) is 5.91 Å². The highest BCUT2D eigenvalue weighted by atomic mass is 16.2. The second-order valence-electron chi connectivity index (χ2n) is 14.1. The number of amides is 1. The molecule has 4 saturated carbocycles. The van der Waals surface area contributed by atoms with Crippen molar-refractivity contribution in [2.75, 3.05) is 52.4 Å². The smallest absolute Gasteiger partial charge is 0.332 e. The van der Waals surface area contributed by atoms with Gasteiger partial charge in [0.25, 0.3) is 5.56 Å². The van der Waals surface area contributed by atoms with Gasteiger partial charge in [-0.2, -0.15) is 0 Å². The third-order valence-electron chi connectivity index (χ3n) is 10.9. The van der Waals surface area contributed by atoms with Crippen molar-refractivity contribution in [3.05, 3.63) is 26.7 Å². The molecule has 0 radical (unpaired) electrons. The molecule has 1 saturated heterocycles. The summed E-state index contributed by atoms with van der Waals surface area (Å²) < 4.78 is 3.03. The first-order valence-corrected chi connectivity index (χ1v) is 17.0. The molecular weight excluding hydrogens is 544 g/mol. The van der Waals surface area contributed by atoms with E-state index in [2.05, 4.69) is 20.1 Å². The summed E-state index contributed by atoms with van der Waals surface area (Å²) in [6.45, 7) is 12.9. The van der Waals surface area contributed by atoms with E-state index in [0.29, 0.717) is 49.1 Å². The molecule has 2 aromatic rings. The number of piperazine rings is 1. The zero-order valence-corrected chi connectivity index (χ0v) is 26.3. The second kappa shape index (κ2) is 12.5. The lowest BCUT2D eigenvalue weighted by molar-refractivity contribution is -0.149. The van der Waals surface area contributed by atoms with Crippen LogP contribution < -0.4 is 22.3 Å². The molecule has 2 unspecified atom stereocenters. The molecule has 1 aliphatic heterocycles. The third-order valence-corrected chi connectivity index (χ3v) is 10.9. The van der Waals surface area contributed by atoms with Crippen LogP contribution in [0.15, 0.2) is 9.59 Å². The monoisotopic (exact) mass is 596 g/mol. The predicted molar refractivity (Wildman–Crippen MR) is 168 cm³/mol. The molecule has 7 rings (SSSR count). The van der Waals surface area contributed by atoms with E-state index in [1.54, 1.807) is 4.57 Å². The van der Waals surface area contributed by atoms with Crippen molar-refractivity contribution >= 4 is 17.1 Å². The van der Waals surface area contributed by atoms with Crippen LogP contribution in [0.25, 0.3) is 11.2 Å². The predicted octanol–water partition coefficient (Wildman–Crippen LogP) is 2.02. The quantitative estimate of drug-likeness (QED) is 0.301. The van der Waals surface area contributed by atoms with Gasteiger partial charge >= 0.3 is 5.69 Å². The minimum atomic E-state index is -0.372. The Balaban J connectivity index is 1.16. The number of nitrogens with two attached hydrogens (primary N) is 1. The Kier molecular flexibility index (Phi) is 8.86. The Bertz CT molecular complexity index is 1400. The number of aromatic amines is 1. The lowest BCUT2D eigenvalue weighted by Gasteiger charge is -2.60. The van der Waals surface area contributed by atoms with Crippen LogP contribution in [-0.4, -0.2) is 87.2 Å². The van der Waals surface area contributed by atoms with Gasteiger partial charge in [-0.3, -0.25) is 18.7 Å². The van der Waals surface area contributed by atoms with Crippen LogP contribution in [0, 0.1) is 17.3 Å². The molecule has 4 bridgehead atoms. The van der Waals surface area contributed by atoms with E-state index >= 15 is 0 Å². The molecule has 43 heavy (non-hydrogen) atoms. The van der Waals surface area contributed by atoms with Gasteiger partial charge in [-0.25, -0.2) is 9.78 Å². The zero-order chi connectivity index (χ0) is 30.2. The molecule has 5 aliphatic rings. The Morgan fingerprint density at radius 2 is 1.56 bits per heavy atom. The number of H-pyrrole nitrogens is 1. The van der Waals surface area contributed by atoms with Crippen LogP contribution in [0.5, 0.6) is 0 Å². The maximum Gasteiger partial charge on any atom is 0.332 e. The maximum absolute atomic E-state index is 13.9. The van der Waals surface area contributed by atoms with E-state index in [-0.39, 0.29) is 28.0 Å². The van der Waals surface area contributed by atoms with Crippen LogP contribution in [0.4, 0.5) is 0 Å². The molecule has 0 spiro atoms. The Hall–Kier alpha value is -2.50. The van der Waals surface area contributed by atoms with Crippen LogP contribution in [0.2, 0.25) is 0 Å². The standard InChI is InChI=1S/C32H52N8O3/c1-3-9-39-26-25(27(41)40(10-4-2)30(39)43)35-28(36-26)31-18-23-17-24(19-31)21-32(20-23,22-31)29(42)34-8-6-12-38-15-13-37(14-16-38)11-5-7-33/h23-24H,3-22,33H2,1-2H3,(H,34,42)(H,35,36). The van der Waals surface area contributed by atoms with Gasteiger partial charge < -0.3 is 25.8 Å². The Morgan fingerprint density at radius 1 is 0.930 bits per heavy atom. The fraction of sp³-hybridized carbons (Fsp3) is 0.812. The van der Waals surface area contributed by atoms with Crippen molar-refractivity contribution in [3.63, 3.8) is 0 Å². The number of hydrogen-bond donors (Lipinski definition) is 3. The minimum Gasteiger partial charge on any atom is -0.356 e. The van der Waals surface area contributed by atoms with Crippen molar-refractivity contribution < 1.29 is 4.79 Å². The highest BCUT2D eigenvalue weighted by Gasteiger charge is 2.62. The number of carbonyl (C=O) groups excluding carboxylic acids is 1. The third kappa shape index (κ3) is 5.73. The minimum absolute atomic E-state index is 0.210. The number of imidazole rings is 1. The summed E-state index contributed by atoms with van der Waals surface area (Å²) in [6.07, 6.45) is 9.36. The van der Waals surface area contributed by atoms with Gasteiger partial charge in [-0.05, 0) is 95.7 Å². The summed E-state index contributed by atoms with van der Waals surface area (Å²) in [6, 6.07) is 0. The number of aryl methyl sites for hydroxylation is 1. The van der Waals surface area contributed by atoms with Crippen molar-refractivity contribution in [2.24, 2.45) is 23.0 Å². The summed E-state index contributed by atoms with van der Waals surface area (Å²) in [5, 5.41) is 3.36. The Labute approximate surface area is 254 Å². The molecule has 11 nitrogen and oxygen atoms in total. The van der Waals surface area contributed by atoms with Gasteiger partial charge in [0.1, 0.15) is 11.3 Å². The number of aromatic nitrogens is 4. The molecule has 1 amide bonds. The molecule has 4 N–H and O–H groups in total. The number of rotatable bonds is 13. The van der Waals surface area contributed by atoms with Crippen LogP contribution >= 0.6 is 0 Å². The molecule has 0 aromatic carbocycles. The molecule has 3 heterocycles. The van der Waals surface area contributed by atoms with Crippen molar-refractivity contribution in [2.45, 2.75) is 96.6 Å². The molecule has 238 valence electrons. The second-order valence-corrected chi connectivity index (χ2v) is 14.1. The summed E-state index contributed by atoms with van der Waals surface area (Å²) >= 11 is 0. The summed E-state index contributed by atoms with van der Waals surface area (Å²) in [5.74, 6) is 2.01. The molecule has 4 aliphatic carbocycles. The van der Waals surface area contributed by atoms with E-state index in [4.69, 9.17) is 10.7 Å². The first-order valence-electron chi connectivity index (χ1n) is 17.0. The highest BCUT2D eigenvalue weighted by Crippen LogP contribution is 2.65. The van der Waals surface area contributed by atoms with Crippen molar-refractivity contribution in [3.8, 4) is 0 Å². The SMILES string of the molecule is CCCn1c(=O)c2[nH]c(C34CC5CC(CC(C(=O)NCCCN6CCN(CCCN)CC6)(C5)C3)C4)nc2n(CCC)c1=O. The first kappa shape index (κ1) is 30.5. The average molecular weight is 597 g/mol. The molecular formula is C32H52N8O3. The number of fused-ring (bicyclic) bond motifs is 1. The van der Waals surface area contributed by atoms with Crippen molar-refractivity contribution in [1.29, 1.82) is 0 Å². The summed E-state index contributed by atoms with van der Waals surface area (Å²) in [7, 11) is 0. The number of nitrogens with one attached hydrogen (secondary N) is 2. The first-order chi connectivity index (χ1) is 20.8. The molecule has 11 heteroatoms. The van der Waals surface area contributed by atoms with E-state index in [9.17, 15) is 14.4 Å². The van der Waals surface area contributed by atoms with Gasteiger partial charge in [-0.15, -0.1) is 0 Å². The zero-order valence-electron chi connectivity index (χ0n) is 26.3. The van der Waals surface area contributed by atoms with Crippen LogP contribution in [0.3, 0.4) is 0 Å². The summed E-state index contributed by atoms with van der Waals surface area (Å²) in [5.41, 5.74) is 5.41. The molecule has 5 fully saturated rings. The normalized spacial score (nSPS) is 29.1.